The molecule has 0 saturated heterocycles. The van der Waals surface area contributed by atoms with Crippen LogP contribution in [0.5, 0.6) is 0 Å². The van der Waals surface area contributed by atoms with Gasteiger partial charge in [0, 0.05) is 11.8 Å². The van der Waals surface area contributed by atoms with Gasteiger partial charge in [-0.25, -0.2) is 4.99 Å². The number of halogens is 1. The zero-order chi connectivity index (χ0) is 8.72. The number of amides is 1. The van der Waals surface area contributed by atoms with Gasteiger partial charge in [0.1, 0.15) is 0 Å². The third-order valence-electron chi connectivity index (χ3n) is 1.82. The maximum atomic E-state index is 11.1. The lowest BCUT2D eigenvalue weighted by Crippen LogP contribution is -1.93. The minimum atomic E-state index is -0.199. The molecule has 0 bridgehead atoms. The normalized spacial score (nSPS) is 13.7. The van der Waals surface area contributed by atoms with Gasteiger partial charge in [0.25, 0.3) is 5.91 Å². The molecule has 0 unspecified atom stereocenters. The van der Waals surface area contributed by atoms with Gasteiger partial charge >= 0.3 is 0 Å². The molecule has 0 saturated carbocycles. The maximum Gasteiger partial charge on any atom is 0.277 e. The summed E-state index contributed by atoms with van der Waals surface area (Å²) in [5, 5.41) is 0.597. The first-order valence-electron chi connectivity index (χ1n) is 3.57. The number of fused-ring (bicyclic) bond motifs is 1. The average Bonchev–Trinajstić information content (AvgIpc) is 2.33. The quantitative estimate of drug-likeness (QED) is 0.601. The smallest absolute Gasteiger partial charge is 0.267 e. The first kappa shape index (κ1) is 7.50. The van der Waals surface area contributed by atoms with Crippen LogP contribution in [0.25, 0.3) is 0 Å². The highest BCUT2D eigenvalue weighted by Gasteiger charge is 2.17. The second-order valence-electron chi connectivity index (χ2n) is 2.77. The Hall–Kier alpha value is -1.15. The Kier molecular flexibility index (Phi) is 1.51. The number of hydrogen-bond donors (Lipinski definition) is 0. The molecule has 1 amide bonds. The summed E-state index contributed by atoms with van der Waals surface area (Å²) in [7, 11) is 0. The van der Waals surface area contributed by atoms with Crippen molar-refractivity contribution in [3.05, 3.63) is 33.8 Å². The van der Waals surface area contributed by atoms with Crippen molar-refractivity contribution in [2.45, 2.75) is 6.92 Å². The highest BCUT2D eigenvalue weighted by atomic mass is 35.5. The molecule has 0 atom stereocenters. The number of carbonyl (C=O) groups is 1. The van der Waals surface area contributed by atoms with Crippen LogP contribution in [0, 0.1) is 6.92 Å². The van der Waals surface area contributed by atoms with Gasteiger partial charge in [0.15, 0.2) is 0 Å². The van der Waals surface area contributed by atoms with Crippen LogP contribution < -0.4 is 0 Å². The Morgan fingerprint density at radius 1 is 1.42 bits per heavy atom. The highest BCUT2D eigenvalue weighted by molar-refractivity contribution is 6.35. The predicted octanol–water partition coefficient (Wildman–Crippen LogP) is 2.22. The first-order valence-corrected chi connectivity index (χ1v) is 3.95. The molecule has 0 radical (unpaired) electrons. The Bertz CT molecular complexity index is 396. The number of hydrogen-bond acceptors (Lipinski definition) is 1. The SMILES string of the molecule is Cc1cc(Cl)c2c(c1)C(=O)N=C2. The predicted molar refractivity (Wildman–Crippen MR) is 48.1 cm³/mol. The highest BCUT2D eigenvalue weighted by Crippen LogP contribution is 2.24. The first-order chi connectivity index (χ1) is 5.68. The molecule has 2 rings (SSSR count). The van der Waals surface area contributed by atoms with Crippen molar-refractivity contribution >= 4 is 23.7 Å². The third kappa shape index (κ3) is 0.959. The van der Waals surface area contributed by atoms with Crippen molar-refractivity contribution in [2.75, 3.05) is 0 Å². The maximum absolute atomic E-state index is 11.1. The van der Waals surface area contributed by atoms with E-state index in [9.17, 15) is 4.79 Å². The number of aliphatic imine (C=N–C) groups is 1. The summed E-state index contributed by atoms with van der Waals surface area (Å²) in [5.74, 6) is -0.199. The molecule has 1 heterocycles. The van der Waals surface area contributed by atoms with Crippen molar-refractivity contribution in [1.82, 2.24) is 0 Å². The summed E-state index contributed by atoms with van der Waals surface area (Å²) < 4.78 is 0. The standard InChI is InChI=1S/C9H6ClNO/c1-5-2-6-7(8(10)3-5)4-11-9(6)12/h2-4H,1H3. The van der Waals surface area contributed by atoms with Crippen LogP contribution >= 0.6 is 11.6 Å². The fourth-order valence-corrected chi connectivity index (χ4v) is 1.58. The molecule has 1 aliphatic rings. The minimum absolute atomic E-state index is 0.199. The lowest BCUT2D eigenvalue weighted by molar-refractivity contribution is 0.101. The molecule has 0 spiro atoms. The molecule has 60 valence electrons. The number of rotatable bonds is 0. The molecule has 0 N–H and O–H groups in total. The van der Waals surface area contributed by atoms with E-state index in [4.69, 9.17) is 11.6 Å². The van der Waals surface area contributed by atoms with Crippen molar-refractivity contribution in [1.29, 1.82) is 0 Å². The van der Waals surface area contributed by atoms with E-state index in [0.29, 0.717) is 10.6 Å². The summed E-state index contributed by atoms with van der Waals surface area (Å²) in [4.78, 5) is 14.8. The van der Waals surface area contributed by atoms with Crippen molar-refractivity contribution < 1.29 is 4.79 Å². The number of aryl methyl sites for hydroxylation is 1. The van der Waals surface area contributed by atoms with Gasteiger partial charge in [-0.05, 0) is 24.6 Å². The van der Waals surface area contributed by atoms with Crippen LogP contribution in [0.3, 0.4) is 0 Å². The molecule has 1 aromatic rings. The molecule has 1 aliphatic heterocycles. The van der Waals surface area contributed by atoms with Crippen LogP contribution in [0.2, 0.25) is 5.02 Å². The van der Waals surface area contributed by atoms with Crippen LogP contribution in [-0.4, -0.2) is 12.1 Å². The van der Waals surface area contributed by atoms with Gasteiger partial charge < -0.3 is 0 Å². The fraction of sp³-hybridized carbons (Fsp3) is 0.111. The van der Waals surface area contributed by atoms with Crippen molar-refractivity contribution in [3.8, 4) is 0 Å². The second kappa shape index (κ2) is 2.42. The Balaban J connectivity index is 2.74. The molecule has 12 heavy (non-hydrogen) atoms. The molecule has 0 aliphatic carbocycles. The van der Waals surface area contributed by atoms with Crippen LogP contribution in [0.1, 0.15) is 21.5 Å². The number of nitrogens with zero attached hydrogens (tertiary/aromatic N) is 1. The van der Waals surface area contributed by atoms with Gasteiger partial charge in [0.2, 0.25) is 0 Å². The van der Waals surface area contributed by atoms with Crippen LogP contribution in [0.15, 0.2) is 17.1 Å². The average molecular weight is 180 g/mol. The zero-order valence-corrected chi connectivity index (χ0v) is 7.22. The van der Waals surface area contributed by atoms with Crippen LogP contribution in [0.4, 0.5) is 0 Å². The largest absolute Gasteiger partial charge is 0.277 e. The minimum Gasteiger partial charge on any atom is -0.267 e. The summed E-state index contributed by atoms with van der Waals surface area (Å²) in [6.45, 7) is 1.90. The van der Waals surface area contributed by atoms with Gasteiger partial charge in [0.05, 0.1) is 10.6 Å². The topological polar surface area (TPSA) is 29.4 Å². The molecule has 3 heteroatoms. The molecule has 0 fully saturated rings. The molecule has 2 nitrogen and oxygen atoms in total. The van der Waals surface area contributed by atoms with Gasteiger partial charge in [-0.15, -0.1) is 0 Å². The van der Waals surface area contributed by atoms with E-state index in [1.54, 1.807) is 6.07 Å². The van der Waals surface area contributed by atoms with Gasteiger partial charge in [-0.3, -0.25) is 4.79 Å². The van der Waals surface area contributed by atoms with Crippen molar-refractivity contribution in [3.63, 3.8) is 0 Å². The molecular formula is C9H6ClNO. The Morgan fingerprint density at radius 2 is 2.17 bits per heavy atom. The lowest BCUT2D eigenvalue weighted by Gasteiger charge is -1.99. The van der Waals surface area contributed by atoms with E-state index < -0.39 is 0 Å². The lowest BCUT2D eigenvalue weighted by atomic mass is 10.1. The fourth-order valence-electron chi connectivity index (χ4n) is 1.25. The number of carbonyl (C=O) groups excluding carboxylic acids is 1. The Labute approximate surface area is 74.9 Å². The third-order valence-corrected chi connectivity index (χ3v) is 2.13. The summed E-state index contributed by atoms with van der Waals surface area (Å²) in [5.41, 5.74) is 2.34. The Morgan fingerprint density at radius 3 is 2.92 bits per heavy atom. The van der Waals surface area contributed by atoms with E-state index in [-0.39, 0.29) is 5.91 Å². The molecule has 1 aromatic carbocycles. The van der Waals surface area contributed by atoms with E-state index in [1.165, 1.54) is 6.21 Å². The van der Waals surface area contributed by atoms with Gasteiger partial charge in [-0.2, -0.15) is 0 Å². The summed E-state index contributed by atoms with van der Waals surface area (Å²) >= 11 is 5.90. The summed E-state index contributed by atoms with van der Waals surface area (Å²) in [6.07, 6.45) is 1.51. The number of benzene rings is 1. The van der Waals surface area contributed by atoms with Crippen molar-refractivity contribution in [2.24, 2.45) is 4.99 Å². The second-order valence-corrected chi connectivity index (χ2v) is 3.18. The molecule has 0 aromatic heterocycles. The van der Waals surface area contributed by atoms with Gasteiger partial charge in [-0.1, -0.05) is 11.6 Å². The molecular weight excluding hydrogens is 174 g/mol. The monoisotopic (exact) mass is 179 g/mol. The van der Waals surface area contributed by atoms with E-state index in [0.717, 1.165) is 11.1 Å². The van der Waals surface area contributed by atoms with E-state index in [1.807, 2.05) is 13.0 Å². The zero-order valence-electron chi connectivity index (χ0n) is 6.47. The summed E-state index contributed by atoms with van der Waals surface area (Å²) in [6, 6.07) is 3.63. The van der Waals surface area contributed by atoms with Crippen LogP contribution in [-0.2, 0) is 0 Å². The van der Waals surface area contributed by atoms with E-state index in [2.05, 4.69) is 4.99 Å². The van der Waals surface area contributed by atoms with E-state index >= 15 is 0 Å².